The summed E-state index contributed by atoms with van der Waals surface area (Å²) < 4.78 is 7.38. The second kappa shape index (κ2) is 29.2. The number of ether oxygens (including phenoxy) is 1. The van der Waals surface area contributed by atoms with Crippen LogP contribution in [0.3, 0.4) is 0 Å². The molecule has 0 saturated carbocycles. The van der Waals surface area contributed by atoms with Crippen LogP contribution in [0.1, 0.15) is 130 Å². The topological polar surface area (TPSA) is 213 Å². The zero-order chi connectivity index (χ0) is 53.4. The van der Waals surface area contributed by atoms with E-state index in [2.05, 4.69) is 23.6 Å². The summed E-state index contributed by atoms with van der Waals surface area (Å²) in [7, 11) is 4.58. The van der Waals surface area contributed by atoms with Gasteiger partial charge in [-0.05, 0) is 86.0 Å². The smallest absolute Gasteiger partial charge is 0.345 e. The van der Waals surface area contributed by atoms with Crippen molar-refractivity contribution in [2.75, 3.05) is 21.1 Å². The lowest BCUT2D eigenvalue weighted by molar-refractivity contribution is -0.169. The largest absolute Gasteiger partial charge is 0.479 e. The van der Waals surface area contributed by atoms with Crippen molar-refractivity contribution in [1.82, 2.24) is 19.3 Å². The van der Waals surface area contributed by atoms with Gasteiger partial charge in [0.15, 0.2) is 17.7 Å². The quantitative estimate of drug-likeness (QED) is 0.0630. The molecule has 398 valence electrons. The summed E-state index contributed by atoms with van der Waals surface area (Å²) in [5, 5.41) is 19.5. The number of ketones is 2. The predicted octanol–water partition coefficient (Wildman–Crippen LogP) is 8.43. The number of hydrogen-bond acceptors (Lipinski definition) is 10. The monoisotopic (exact) mass is 1020 g/mol. The number of nitriles is 1. The van der Waals surface area contributed by atoms with Gasteiger partial charge in [-0.25, -0.2) is 9.59 Å². The van der Waals surface area contributed by atoms with Gasteiger partial charge in [0.25, 0.3) is 0 Å². The summed E-state index contributed by atoms with van der Waals surface area (Å²) in [4.78, 5) is 102. The Balaban J connectivity index is 0.0000178. The number of fused-ring (bicyclic) bond motifs is 1. The molecular formula is C56H83ClN6O9. The number of aliphatic carboxylic acids is 1. The van der Waals surface area contributed by atoms with E-state index in [9.17, 15) is 29.1 Å². The first-order chi connectivity index (χ1) is 33.3. The van der Waals surface area contributed by atoms with Crippen LogP contribution in [0.15, 0.2) is 54.7 Å². The molecule has 0 fully saturated rings. The first kappa shape index (κ1) is 62.5. The third kappa shape index (κ3) is 17.9. The number of carbonyl (C=O) groups is 7. The third-order valence-electron chi connectivity index (χ3n) is 13.4. The normalized spacial score (nSPS) is 14.4. The van der Waals surface area contributed by atoms with Gasteiger partial charge >= 0.3 is 11.9 Å². The van der Waals surface area contributed by atoms with Gasteiger partial charge in [0.05, 0.1) is 24.2 Å². The zero-order valence-corrected chi connectivity index (χ0v) is 45.9. The molecule has 3 N–H and O–H groups in total. The summed E-state index contributed by atoms with van der Waals surface area (Å²) in [6.07, 6.45) is 1.10. The second-order valence-corrected chi connectivity index (χ2v) is 21.3. The Bertz CT molecular complexity index is 2350. The minimum Gasteiger partial charge on any atom is -0.479 e. The fourth-order valence-electron chi connectivity index (χ4n) is 9.42. The summed E-state index contributed by atoms with van der Waals surface area (Å²) in [5.74, 6) is -5.99. The molecule has 0 bridgehead atoms. The van der Waals surface area contributed by atoms with Crippen molar-refractivity contribution in [1.29, 1.82) is 5.26 Å². The van der Waals surface area contributed by atoms with Crippen LogP contribution in [-0.4, -0.2) is 117 Å². The second-order valence-electron chi connectivity index (χ2n) is 21.3. The van der Waals surface area contributed by atoms with E-state index in [1.807, 2.05) is 104 Å². The molecule has 1 heterocycles. The summed E-state index contributed by atoms with van der Waals surface area (Å²) >= 11 is 0. The number of hydrogen-bond donors (Lipinski definition) is 2. The van der Waals surface area contributed by atoms with Crippen molar-refractivity contribution < 1.29 is 43.4 Å². The van der Waals surface area contributed by atoms with Crippen LogP contribution in [0, 0.1) is 53.8 Å². The average Bonchev–Trinajstić information content (AvgIpc) is 3.65. The predicted molar refractivity (Wildman–Crippen MR) is 283 cm³/mol. The first-order valence-electron chi connectivity index (χ1n) is 25.3. The van der Waals surface area contributed by atoms with Gasteiger partial charge in [-0.2, -0.15) is 5.26 Å². The molecule has 3 aromatic rings. The molecule has 1 aromatic heterocycles. The Morgan fingerprint density at radius 1 is 0.681 bits per heavy atom. The fraction of sp³-hybridized carbons (Fsp3) is 0.607. The van der Waals surface area contributed by atoms with Gasteiger partial charge in [-0.3, -0.25) is 24.0 Å². The number of rotatable bonds is 29. The van der Waals surface area contributed by atoms with Gasteiger partial charge in [0, 0.05) is 88.7 Å². The zero-order valence-electron chi connectivity index (χ0n) is 45.1. The van der Waals surface area contributed by atoms with Gasteiger partial charge in [-0.15, -0.1) is 12.4 Å². The highest BCUT2D eigenvalue weighted by Gasteiger charge is 2.39. The molecule has 3 amide bonds. The molecule has 0 spiro atoms. The van der Waals surface area contributed by atoms with Crippen molar-refractivity contribution in [3.05, 3.63) is 71.4 Å². The number of carbonyl (C=O) groups excluding carboxylic acids is 6. The Hall–Kier alpha value is -5.59. The van der Waals surface area contributed by atoms with Crippen molar-refractivity contribution >= 4 is 64.5 Å². The van der Waals surface area contributed by atoms with Crippen molar-refractivity contribution in [3.8, 4) is 6.07 Å². The SMILES string of the molecule is Cc1ccccc1Cn1cc(C[C@@H](C(=O)C[C@@H](CC(C)C)C(=O)N(C)[C@@H](C)C(=O)O[C@H](CCC#N)C(=O)O)N(C)C(=O)[C@@H](CC(=O)[C@H](CC(C)C)N(C)C(=O)[C@@H](N)CC(C)C)CC(C)C)c2ccccc21.Cl. The minimum atomic E-state index is -1.58. The number of likely N-dealkylation sites (N-methyl/N-ethyl adjacent to an activating group) is 3. The highest BCUT2D eigenvalue weighted by atomic mass is 35.5. The molecule has 7 atom stereocenters. The van der Waals surface area contributed by atoms with Crippen LogP contribution in [0.4, 0.5) is 0 Å². The number of aromatic nitrogens is 1. The summed E-state index contributed by atoms with van der Waals surface area (Å²) in [5.41, 5.74) is 10.3. The van der Waals surface area contributed by atoms with Crippen LogP contribution in [0.2, 0.25) is 0 Å². The number of esters is 1. The number of nitrogens with two attached hydrogens (primary N) is 1. The first-order valence-corrected chi connectivity index (χ1v) is 25.3. The van der Waals surface area contributed by atoms with Gasteiger partial charge in [-0.1, -0.05) is 97.9 Å². The van der Waals surface area contributed by atoms with Crippen LogP contribution >= 0.6 is 12.4 Å². The Labute approximate surface area is 434 Å². The Kier molecular flexibility index (Phi) is 25.4. The van der Waals surface area contributed by atoms with E-state index in [1.54, 1.807) is 14.1 Å². The minimum absolute atomic E-state index is 0. The van der Waals surface area contributed by atoms with E-state index in [4.69, 9.17) is 15.7 Å². The molecular weight excluding hydrogens is 936 g/mol. The number of nitrogens with zero attached hydrogens (tertiary/aromatic N) is 5. The lowest BCUT2D eigenvalue weighted by Crippen LogP contribution is -2.51. The summed E-state index contributed by atoms with van der Waals surface area (Å²) in [6.45, 7) is 19.7. The standard InChI is InChI=1S/C56H82N6O9.ClH/c1-34(2)25-41(52(65)59(11)39(10)56(70)71-51(55(68)69)23-18-24-57)30-50(64)48(29-43-33-62(46-22-17-16-21-44(43)46)32-40-20-15-14-19-38(40)9)60(12)53(66)42(26-35(3)4)31-49(63)47(28-37(7)8)61(13)54(67)45(58)27-36(5)6;/h14-17,19-22,33-37,39,41-42,45,47-48,51H,18,23,25-32,58H2,1-13H3,(H,68,69);1H/t39-,41+,42+,45-,47-,48-,51+;/m0./s1. The van der Waals surface area contributed by atoms with E-state index < -0.39 is 71.6 Å². The van der Waals surface area contributed by atoms with Crippen molar-refractivity contribution in [2.45, 2.75) is 164 Å². The summed E-state index contributed by atoms with van der Waals surface area (Å²) in [6, 6.07) is 13.9. The highest BCUT2D eigenvalue weighted by molar-refractivity contribution is 5.97. The van der Waals surface area contributed by atoms with Gasteiger partial charge in [0.1, 0.15) is 6.04 Å². The maximum atomic E-state index is 15.2. The lowest BCUT2D eigenvalue weighted by atomic mass is 9.85. The van der Waals surface area contributed by atoms with Crippen LogP contribution in [-0.2, 0) is 51.3 Å². The van der Waals surface area contributed by atoms with E-state index in [0.29, 0.717) is 25.8 Å². The maximum Gasteiger partial charge on any atom is 0.345 e. The van der Waals surface area contributed by atoms with Crippen LogP contribution in [0.25, 0.3) is 10.9 Å². The number of carboxylic acids is 1. The molecule has 16 heteroatoms. The van der Waals surface area contributed by atoms with E-state index in [-0.39, 0.29) is 86.3 Å². The Morgan fingerprint density at radius 3 is 1.71 bits per heavy atom. The molecule has 15 nitrogen and oxygen atoms in total. The van der Waals surface area contributed by atoms with Crippen molar-refractivity contribution in [3.63, 3.8) is 0 Å². The van der Waals surface area contributed by atoms with Crippen LogP contribution < -0.4 is 5.73 Å². The number of carboxylic acid groups (broad SMARTS) is 1. The highest BCUT2D eigenvalue weighted by Crippen LogP contribution is 2.30. The van der Waals surface area contributed by atoms with Crippen LogP contribution in [0.5, 0.6) is 0 Å². The van der Waals surface area contributed by atoms with E-state index >= 15 is 9.59 Å². The number of aryl methyl sites for hydroxylation is 1. The lowest BCUT2D eigenvalue weighted by Gasteiger charge is -2.34. The molecule has 3 rings (SSSR count). The number of benzene rings is 2. The van der Waals surface area contributed by atoms with Gasteiger partial charge in [0.2, 0.25) is 17.7 Å². The number of amides is 3. The van der Waals surface area contributed by atoms with Gasteiger partial charge < -0.3 is 34.8 Å². The molecule has 0 unspecified atom stereocenters. The molecule has 2 aromatic carbocycles. The maximum absolute atomic E-state index is 15.2. The number of Topliss-reactive ketones (excluding diaryl/α,β-unsaturated/α-hetero) is 2. The molecule has 72 heavy (non-hydrogen) atoms. The average molecular weight is 1020 g/mol. The molecule has 0 aliphatic rings. The molecule has 0 radical (unpaired) electrons. The van der Waals surface area contributed by atoms with Crippen molar-refractivity contribution in [2.24, 2.45) is 41.2 Å². The number of para-hydroxylation sites is 1. The van der Waals surface area contributed by atoms with E-state index in [1.165, 1.54) is 23.8 Å². The molecule has 0 aliphatic carbocycles. The Morgan fingerprint density at radius 2 is 1.18 bits per heavy atom. The number of halogens is 1. The molecule has 0 aliphatic heterocycles. The third-order valence-corrected chi connectivity index (χ3v) is 13.4. The molecule has 0 saturated heterocycles. The van der Waals surface area contributed by atoms with E-state index in [0.717, 1.165) is 32.5 Å². The fourth-order valence-corrected chi connectivity index (χ4v) is 9.42.